The van der Waals surface area contributed by atoms with Gasteiger partial charge in [0.25, 0.3) is 0 Å². The summed E-state index contributed by atoms with van der Waals surface area (Å²) >= 11 is 0. The highest BCUT2D eigenvalue weighted by Crippen LogP contribution is 2.20. The predicted octanol–water partition coefficient (Wildman–Crippen LogP) is 4.17. The molecule has 0 aliphatic carbocycles. The molecule has 4 heteroatoms. The molecule has 1 atom stereocenters. The van der Waals surface area contributed by atoms with Crippen LogP contribution < -0.4 is 10.2 Å². The molecule has 1 N–H and O–H groups in total. The second-order valence-electron chi connectivity index (χ2n) is 6.13. The third-order valence-corrected chi connectivity index (χ3v) is 4.42. The fraction of sp³-hybridized carbons (Fsp3) is 0.350. The van der Waals surface area contributed by atoms with Crippen molar-refractivity contribution in [3.63, 3.8) is 0 Å². The minimum absolute atomic E-state index is 0. The van der Waals surface area contributed by atoms with Gasteiger partial charge in [-0.2, -0.15) is 0 Å². The molecule has 1 heterocycles. The van der Waals surface area contributed by atoms with Gasteiger partial charge < -0.3 is 10.2 Å². The van der Waals surface area contributed by atoms with Gasteiger partial charge in [0.2, 0.25) is 5.91 Å². The van der Waals surface area contributed by atoms with Gasteiger partial charge in [-0.05, 0) is 43.5 Å². The number of halogens is 1. The third-order valence-electron chi connectivity index (χ3n) is 4.42. The van der Waals surface area contributed by atoms with E-state index in [0.29, 0.717) is 19.0 Å². The summed E-state index contributed by atoms with van der Waals surface area (Å²) in [4.78, 5) is 14.7. The highest BCUT2D eigenvalue weighted by molar-refractivity contribution is 5.93. The predicted molar refractivity (Wildman–Crippen MR) is 102 cm³/mol. The van der Waals surface area contributed by atoms with Crippen molar-refractivity contribution in [2.75, 3.05) is 11.4 Å². The SMILES string of the molecule is Cl.O=C(CCC1CCCN1)N(Cc1ccccc1)c1ccccc1. The largest absolute Gasteiger partial charge is 0.314 e. The number of rotatable bonds is 6. The zero-order chi connectivity index (χ0) is 15.9. The Balaban J connectivity index is 0.00000208. The minimum atomic E-state index is 0. The standard InChI is InChI=1S/C20H24N2O.ClH/c23-20(14-13-18-10-7-15-21-18)22(19-11-5-2-6-12-19)16-17-8-3-1-4-9-17;/h1-6,8-9,11-12,18,21H,7,10,13-16H2;1H. The molecule has 3 nitrogen and oxygen atoms in total. The number of carbonyl (C=O) groups is 1. The van der Waals surface area contributed by atoms with E-state index in [1.165, 1.54) is 12.8 Å². The second kappa shape index (κ2) is 9.45. The molecule has 24 heavy (non-hydrogen) atoms. The molecule has 1 aliphatic heterocycles. The monoisotopic (exact) mass is 344 g/mol. The molecular weight excluding hydrogens is 320 g/mol. The molecule has 1 saturated heterocycles. The van der Waals surface area contributed by atoms with Crippen LogP contribution in [0.5, 0.6) is 0 Å². The van der Waals surface area contributed by atoms with Gasteiger partial charge in [0.05, 0.1) is 6.54 Å². The Morgan fingerprint density at radius 1 is 1.04 bits per heavy atom. The molecule has 0 aromatic heterocycles. The normalized spacial score (nSPS) is 16.4. The van der Waals surface area contributed by atoms with Crippen molar-refractivity contribution in [1.29, 1.82) is 0 Å². The number of amides is 1. The number of anilines is 1. The Morgan fingerprint density at radius 2 is 1.71 bits per heavy atom. The fourth-order valence-corrected chi connectivity index (χ4v) is 3.13. The van der Waals surface area contributed by atoms with Crippen molar-refractivity contribution in [2.45, 2.75) is 38.3 Å². The van der Waals surface area contributed by atoms with E-state index in [9.17, 15) is 4.79 Å². The molecule has 1 unspecified atom stereocenters. The molecule has 0 saturated carbocycles. The Kier molecular flexibility index (Phi) is 7.29. The van der Waals surface area contributed by atoms with Crippen LogP contribution in [0.3, 0.4) is 0 Å². The first-order valence-corrected chi connectivity index (χ1v) is 8.45. The van der Waals surface area contributed by atoms with Crippen LogP contribution in [-0.2, 0) is 11.3 Å². The fourth-order valence-electron chi connectivity index (χ4n) is 3.13. The second-order valence-corrected chi connectivity index (χ2v) is 6.13. The van der Waals surface area contributed by atoms with Gasteiger partial charge in [-0.3, -0.25) is 4.79 Å². The Hall–Kier alpha value is -1.84. The highest BCUT2D eigenvalue weighted by Gasteiger charge is 2.19. The molecule has 3 rings (SSSR count). The molecule has 1 amide bonds. The summed E-state index contributed by atoms with van der Waals surface area (Å²) < 4.78 is 0. The first-order chi connectivity index (χ1) is 11.3. The lowest BCUT2D eigenvalue weighted by Gasteiger charge is -2.24. The van der Waals surface area contributed by atoms with Gasteiger partial charge in [0.1, 0.15) is 0 Å². The van der Waals surface area contributed by atoms with E-state index in [2.05, 4.69) is 17.4 Å². The first-order valence-electron chi connectivity index (χ1n) is 8.45. The van der Waals surface area contributed by atoms with Crippen molar-refractivity contribution in [1.82, 2.24) is 5.32 Å². The first kappa shape index (κ1) is 18.5. The summed E-state index contributed by atoms with van der Waals surface area (Å²) in [6, 6.07) is 20.7. The number of nitrogens with one attached hydrogen (secondary N) is 1. The Morgan fingerprint density at radius 3 is 2.33 bits per heavy atom. The van der Waals surface area contributed by atoms with Gasteiger partial charge in [0, 0.05) is 18.2 Å². The van der Waals surface area contributed by atoms with Crippen molar-refractivity contribution >= 4 is 24.0 Å². The maximum absolute atomic E-state index is 12.8. The highest BCUT2D eigenvalue weighted by atomic mass is 35.5. The van der Waals surface area contributed by atoms with Crippen LogP contribution in [0.15, 0.2) is 60.7 Å². The van der Waals surface area contributed by atoms with Crippen molar-refractivity contribution in [2.24, 2.45) is 0 Å². The summed E-state index contributed by atoms with van der Waals surface area (Å²) in [6.07, 6.45) is 3.94. The smallest absolute Gasteiger partial charge is 0.227 e. The van der Waals surface area contributed by atoms with Crippen molar-refractivity contribution in [3.05, 3.63) is 66.2 Å². The molecular formula is C20H25ClN2O. The lowest BCUT2D eigenvalue weighted by Crippen LogP contribution is -2.32. The van der Waals surface area contributed by atoms with Gasteiger partial charge >= 0.3 is 0 Å². The summed E-state index contributed by atoms with van der Waals surface area (Å²) in [7, 11) is 0. The van der Waals surface area contributed by atoms with Gasteiger partial charge in [-0.15, -0.1) is 12.4 Å². The van der Waals surface area contributed by atoms with Gasteiger partial charge in [0.15, 0.2) is 0 Å². The average molecular weight is 345 g/mol. The average Bonchev–Trinajstić information content (AvgIpc) is 3.13. The maximum atomic E-state index is 12.8. The van der Waals surface area contributed by atoms with E-state index >= 15 is 0 Å². The number of hydrogen-bond acceptors (Lipinski definition) is 2. The molecule has 1 aliphatic rings. The van der Waals surface area contributed by atoms with Crippen LogP contribution in [0.2, 0.25) is 0 Å². The molecule has 2 aromatic carbocycles. The van der Waals surface area contributed by atoms with E-state index in [0.717, 1.165) is 24.2 Å². The molecule has 2 aromatic rings. The summed E-state index contributed by atoms with van der Waals surface area (Å²) in [5, 5.41) is 3.47. The van der Waals surface area contributed by atoms with Crippen molar-refractivity contribution < 1.29 is 4.79 Å². The third kappa shape index (κ3) is 5.08. The summed E-state index contributed by atoms with van der Waals surface area (Å²) in [5.74, 6) is 0.203. The van der Waals surface area contributed by atoms with Gasteiger partial charge in [-0.25, -0.2) is 0 Å². The van der Waals surface area contributed by atoms with Crippen LogP contribution in [0, 0.1) is 0 Å². The minimum Gasteiger partial charge on any atom is -0.314 e. The van der Waals surface area contributed by atoms with E-state index in [1.54, 1.807) is 0 Å². The summed E-state index contributed by atoms with van der Waals surface area (Å²) in [6.45, 7) is 1.72. The van der Waals surface area contributed by atoms with E-state index in [-0.39, 0.29) is 18.3 Å². The maximum Gasteiger partial charge on any atom is 0.227 e. The number of para-hydroxylation sites is 1. The van der Waals surface area contributed by atoms with E-state index in [1.807, 2.05) is 53.4 Å². The van der Waals surface area contributed by atoms with E-state index in [4.69, 9.17) is 0 Å². The topological polar surface area (TPSA) is 32.3 Å². The van der Waals surface area contributed by atoms with Crippen LogP contribution in [0.4, 0.5) is 5.69 Å². The van der Waals surface area contributed by atoms with Crippen LogP contribution >= 0.6 is 12.4 Å². The Labute approximate surface area is 150 Å². The molecule has 1 fully saturated rings. The number of benzene rings is 2. The van der Waals surface area contributed by atoms with Gasteiger partial charge in [-0.1, -0.05) is 48.5 Å². The Bertz CT molecular complexity index is 612. The summed E-state index contributed by atoms with van der Waals surface area (Å²) in [5.41, 5.74) is 2.13. The molecule has 128 valence electrons. The molecule has 0 bridgehead atoms. The van der Waals surface area contributed by atoms with E-state index < -0.39 is 0 Å². The number of nitrogens with zero attached hydrogens (tertiary/aromatic N) is 1. The van der Waals surface area contributed by atoms with Crippen LogP contribution in [0.25, 0.3) is 0 Å². The quantitative estimate of drug-likeness (QED) is 0.852. The van der Waals surface area contributed by atoms with Crippen molar-refractivity contribution in [3.8, 4) is 0 Å². The lowest BCUT2D eigenvalue weighted by atomic mass is 10.1. The van der Waals surface area contributed by atoms with Crippen LogP contribution in [0.1, 0.15) is 31.2 Å². The molecule has 0 radical (unpaired) electrons. The number of hydrogen-bond donors (Lipinski definition) is 1. The zero-order valence-electron chi connectivity index (χ0n) is 13.9. The lowest BCUT2D eigenvalue weighted by molar-refractivity contribution is -0.118. The zero-order valence-corrected chi connectivity index (χ0v) is 14.7. The number of carbonyl (C=O) groups excluding carboxylic acids is 1. The molecule has 0 spiro atoms. The van der Waals surface area contributed by atoms with Crippen LogP contribution in [-0.4, -0.2) is 18.5 Å².